The molecule has 0 radical (unpaired) electrons. The molecule has 2 aliphatic heterocycles. The molecule has 2 aromatic heterocycles. The van der Waals surface area contributed by atoms with E-state index in [0.29, 0.717) is 50.6 Å². The van der Waals surface area contributed by atoms with Crippen LogP contribution in [0.25, 0.3) is 5.65 Å². The fourth-order valence-corrected chi connectivity index (χ4v) is 4.37. The Hall–Kier alpha value is -2.44. The quantitative estimate of drug-likeness (QED) is 0.731. The van der Waals surface area contributed by atoms with E-state index in [-0.39, 0.29) is 5.91 Å². The van der Waals surface area contributed by atoms with E-state index >= 15 is 0 Å². The van der Waals surface area contributed by atoms with Crippen molar-refractivity contribution in [2.45, 2.75) is 45.3 Å². The number of carbonyl (C=O) groups is 1. The number of carbonyl (C=O) groups excluding carboxylic acids is 1. The Morgan fingerprint density at radius 1 is 1.38 bits per heavy atom. The second-order valence-electron chi connectivity index (χ2n) is 7.95. The second-order valence-corrected chi connectivity index (χ2v) is 7.95. The molecule has 0 spiro atoms. The minimum atomic E-state index is 0.00637. The predicted octanol–water partition coefficient (Wildman–Crippen LogP) is 3.21. The predicted molar refractivity (Wildman–Crippen MR) is 114 cm³/mol. The van der Waals surface area contributed by atoms with Crippen LogP contribution in [0.4, 0.5) is 0 Å². The van der Waals surface area contributed by atoms with Crippen molar-refractivity contribution in [1.82, 2.24) is 19.2 Å². The number of pyridine rings is 1. The summed E-state index contributed by atoms with van der Waals surface area (Å²) in [7, 11) is 0. The first-order valence-electron chi connectivity index (χ1n) is 10.5. The summed E-state index contributed by atoms with van der Waals surface area (Å²) in [6, 6.07) is 4.75. The van der Waals surface area contributed by atoms with Crippen LogP contribution in [0.5, 0.6) is 0 Å². The van der Waals surface area contributed by atoms with E-state index in [2.05, 4.69) is 35.0 Å². The molecule has 1 saturated heterocycles. The zero-order valence-corrected chi connectivity index (χ0v) is 17.4. The molecule has 0 aliphatic carbocycles. The van der Waals surface area contributed by atoms with Crippen LogP contribution in [0.15, 0.2) is 43.1 Å². The molecule has 2 aliphatic rings. The van der Waals surface area contributed by atoms with E-state index in [1.165, 1.54) is 0 Å². The minimum absolute atomic E-state index is 0.00637. The molecule has 0 unspecified atom stereocenters. The SMILES string of the molecule is C=CC[C@H]1CC=C[C@H](C)N1Cc1c(C(=O)N2CCOCC2)nc2c(C)cccn12. The van der Waals surface area contributed by atoms with Gasteiger partial charge in [0.25, 0.3) is 5.91 Å². The summed E-state index contributed by atoms with van der Waals surface area (Å²) in [5, 5.41) is 0. The molecule has 4 rings (SSSR count). The number of aryl methyl sites for hydroxylation is 1. The van der Waals surface area contributed by atoms with Crippen molar-refractivity contribution < 1.29 is 9.53 Å². The smallest absolute Gasteiger partial charge is 0.274 e. The fourth-order valence-electron chi connectivity index (χ4n) is 4.37. The molecule has 1 fully saturated rings. The summed E-state index contributed by atoms with van der Waals surface area (Å²) in [5.74, 6) is 0.00637. The van der Waals surface area contributed by atoms with Gasteiger partial charge in [-0.05, 0) is 38.3 Å². The van der Waals surface area contributed by atoms with Crippen LogP contribution in [0.2, 0.25) is 0 Å². The molecule has 0 N–H and O–H groups in total. The van der Waals surface area contributed by atoms with Gasteiger partial charge in [-0.2, -0.15) is 0 Å². The Kier molecular flexibility index (Phi) is 5.83. The zero-order chi connectivity index (χ0) is 20.4. The molecule has 0 bridgehead atoms. The fraction of sp³-hybridized carbons (Fsp3) is 0.478. The highest BCUT2D eigenvalue weighted by Crippen LogP contribution is 2.26. The molecule has 0 saturated carbocycles. The number of nitrogens with zero attached hydrogens (tertiary/aromatic N) is 4. The number of aromatic nitrogens is 2. The third kappa shape index (κ3) is 3.87. The van der Waals surface area contributed by atoms with Crippen molar-refractivity contribution in [3.05, 3.63) is 60.1 Å². The number of imidazole rings is 1. The Bertz CT molecular complexity index is 926. The van der Waals surface area contributed by atoms with E-state index in [1.54, 1.807) is 0 Å². The average molecular weight is 395 g/mol. The Morgan fingerprint density at radius 2 is 2.17 bits per heavy atom. The summed E-state index contributed by atoms with van der Waals surface area (Å²) in [5.41, 5.74) is 3.47. The molecular weight excluding hydrogens is 364 g/mol. The molecule has 154 valence electrons. The van der Waals surface area contributed by atoms with Gasteiger partial charge in [-0.1, -0.05) is 24.3 Å². The molecule has 1 amide bonds. The van der Waals surface area contributed by atoms with Gasteiger partial charge in [-0.25, -0.2) is 4.98 Å². The first-order chi connectivity index (χ1) is 14.1. The zero-order valence-electron chi connectivity index (χ0n) is 17.4. The van der Waals surface area contributed by atoms with E-state index in [4.69, 9.17) is 9.72 Å². The summed E-state index contributed by atoms with van der Waals surface area (Å²) in [6.07, 6.45) is 10.4. The van der Waals surface area contributed by atoms with Gasteiger partial charge in [0.1, 0.15) is 5.65 Å². The van der Waals surface area contributed by atoms with Crippen LogP contribution >= 0.6 is 0 Å². The molecular formula is C23H30N4O2. The lowest BCUT2D eigenvalue weighted by Gasteiger charge is -2.37. The van der Waals surface area contributed by atoms with Crippen LogP contribution in [0.3, 0.4) is 0 Å². The number of morpholine rings is 1. The number of hydrogen-bond donors (Lipinski definition) is 0. The standard InChI is InChI=1S/C23H30N4O2/c1-4-7-19-10-5-9-18(3)27(19)16-20-21(23(28)25-12-14-29-15-13-25)24-22-17(2)8-6-11-26(20)22/h4-6,8-9,11,18-19H,1,7,10,12-16H2,2-3H3/t18-,19-/m0/s1. The average Bonchev–Trinajstić information content (AvgIpc) is 3.10. The molecule has 4 heterocycles. The highest BCUT2D eigenvalue weighted by molar-refractivity contribution is 5.94. The summed E-state index contributed by atoms with van der Waals surface area (Å²) >= 11 is 0. The number of fused-ring (bicyclic) bond motifs is 1. The van der Waals surface area contributed by atoms with Crippen LogP contribution in [-0.2, 0) is 11.3 Å². The van der Waals surface area contributed by atoms with Gasteiger partial charge >= 0.3 is 0 Å². The lowest BCUT2D eigenvalue weighted by molar-refractivity contribution is 0.0297. The van der Waals surface area contributed by atoms with E-state index < -0.39 is 0 Å². The van der Waals surface area contributed by atoms with Gasteiger partial charge < -0.3 is 14.0 Å². The van der Waals surface area contributed by atoms with Gasteiger partial charge in [0.2, 0.25) is 0 Å². The van der Waals surface area contributed by atoms with Crippen LogP contribution in [0.1, 0.15) is 41.5 Å². The highest BCUT2D eigenvalue weighted by Gasteiger charge is 2.30. The van der Waals surface area contributed by atoms with Crippen molar-refractivity contribution in [3.63, 3.8) is 0 Å². The van der Waals surface area contributed by atoms with Crippen LogP contribution in [-0.4, -0.2) is 63.5 Å². The number of rotatable bonds is 5. The molecule has 6 heteroatoms. The maximum atomic E-state index is 13.4. The third-order valence-corrected chi connectivity index (χ3v) is 6.03. The minimum Gasteiger partial charge on any atom is -0.378 e. The monoisotopic (exact) mass is 394 g/mol. The summed E-state index contributed by atoms with van der Waals surface area (Å²) in [6.45, 7) is 11.3. The molecule has 0 aromatic carbocycles. The first-order valence-corrected chi connectivity index (χ1v) is 10.5. The Morgan fingerprint density at radius 3 is 2.93 bits per heavy atom. The maximum absolute atomic E-state index is 13.4. The van der Waals surface area contributed by atoms with Crippen molar-refractivity contribution in [2.75, 3.05) is 26.3 Å². The van der Waals surface area contributed by atoms with Gasteiger partial charge in [0.15, 0.2) is 5.69 Å². The van der Waals surface area contributed by atoms with Gasteiger partial charge in [-0.15, -0.1) is 6.58 Å². The number of ether oxygens (including phenoxy) is 1. The van der Waals surface area contributed by atoms with E-state index in [0.717, 1.165) is 29.7 Å². The maximum Gasteiger partial charge on any atom is 0.274 e. The van der Waals surface area contributed by atoms with Crippen molar-refractivity contribution in [3.8, 4) is 0 Å². The molecule has 6 nitrogen and oxygen atoms in total. The highest BCUT2D eigenvalue weighted by atomic mass is 16.5. The topological polar surface area (TPSA) is 50.1 Å². The normalized spacial score (nSPS) is 22.9. The van der Waals surface area contributed by atoms with Crippen molar-refractivity contribution in [1.29, 1.82) is 0 Å². The van der Waals surface area contributed by atoms with Gasteiger partial charge in [0, 0.05) is 37.9 Å². The molecule has 29 heavy (non-hydrogen) atoms. The Balaban J connectivity index is 1.75. The lowest BCUT2D eigenvalue weighted by Crippen LogP contribution is -2.44. The molecule has 2 aromatic rings. The van der Waals surface area contributed by atoms with E-state index in [1.807, 2.05) is 36.2 Å². The Labute approximate surface area is 172 Å². The van der Waals surface area contributed by atoms with Crippen LogP contribution in [0, 0.1) is 6.92 Å². The first kappa shape index (κ1) is 19.9. The second kappa shape index (κ2) is 8.51. The number of hydrogen-bond acceptors (Lipinski definition) is 4. The van der Waals surface area contributed by atoms with Crippen molar-refractivity contribution >= 4 is 11.6 Å². The third-order valence-electron chi connectivity index (χ3n) is 6.03. The van der Waals surface area contributed by atoms with Crippen molar-refractivity contribution in [2.24, 2.45) is 0 Å². The lowest BCUT2D eigenvalue weighted by atomic mass is 10.00. The summed E-state index contributed by atoms with van der Waals surface area (Å²) < 4.78 is 7.52. The van der Waals surface area contributed by atoms with Gasteiger partial charge in [-0.3, -0.25) is 9.69 Å². The number of amides is 1. The molecule has 2 atom stereocenters. The largest absolute Gasteiger partial charge is 0.378 e. The van der Waals surface area contributed by atoms with Crippen LogP contribution < -0.4 is 0 Å². The van der Waals surface area contributed by atoms with E-state index in [9.17, 15) is 4.79 Å². The van der Waals surface area contributed by atoms with Gasteiger partial charge in [0.05, 0.1) is 18.9 Å². The summed E-state index contributed by atoms with van der Waals surface area (Å²) in [4.78, 5) is 22.5.